The summed E-state index contributed by atoms with van der Waals surface area (Å²) in [4.78, 5) is 7.28. The highest BCUT2D eigenvalue weighted by molar-refractivity contribution is 7.99. The molecule has 2 heterocycles. The highest BCUT2D eigenvalue weighted by Gasteiger charge is 2.25. The van der Waals surface area contributed by atoms with Crippen LogP contribution < -0.4 is 9.80 Å². The fraction of sp³-hybridized carbons (Fsp3) is 0.0566. The fourth-order valence-corrected chi connectivity index (χ4v) is 10.2. The Morgan fingerprint density at radius 1 is 0.404 bits per heavy atom. The molecule has 0 saturated heterocycles. The highest BCUT2D eigenvalue weighted by atomic mass is 32.2. The monoisotopic (exact) mass is 750 g/mol. The Kier molecular flexibility index (Phi) is 7.77. The van der Waals surface area contributed by atoms with E-state index in [1.165, 1.54) is 64.8 Å². The number of nitrogens with zero attached hydrogens (tertiary/aromatic N) is 2. The minimum Gasteiger partial charge on any atom is -0.456 e. The van der Waals surface area contributed by atoms with Crippen LogP contribution in [0, 0.1) is 20.8 Å². The van der Waals surface area contributed by atoms with Crippen molar-refractivity contribution in [2.24, 2.45) is 0 Å². The van der Waals surface area contributed by atoms with Gasteiger partial charge < -0.3 is 14.2 Å². The number of furan rings is 1. The van der Waals surface area contributed by atoms with Gasteiger partial charge in [-0.2, -0.15) is 0 Å². The molecule has 11 rings (SSSR count). The molecule has 0 radical (unpaired) electrons. The zero-order chi connectivity index (χ0) is 38.2. The molecule has 1 aromatic heterocycles. The minimum absolute atomic E-state index is 0.883. The van der Waals surface area contributed by atoms with E-state index in [2.05, 4.69) is 194 Å². The van der Waals surface area contributed by atoms with Gasteiger partial charge in [-0.05, 0) is 138 Å². The molecule has 57 heavy (non-hydrogen) atoms. The Balaban J connectivity index is 1.05. The molecule has 1 aliphatic heterocycles. The van der Waals surface area contributed by atoms with E-state index in [0.717, 1.165) is 50.4 Å². The maximum absolute atomic E-state index is 6.36. The van der Waals surface area contributed by atoms with Gasteiger partial charge in [0.05, 0.1) is 5.69 Å². The average Bonchev–Trinajstić information content (AvgIpc) is 3.61. The molecule has 0 amide bonds. The van der Waals surface area contributed by atoms with Crippen LogP contribution >= 0.6 is 11.8 Å². The summed E-state index contributed by atoms with van der Waals surface area (Å²) in [6, 6.07) is 63.9. The van der Waals surface area contributed by atoms with Gasteiger partial charge in [0.1, 0.15) is 11.2 Å². The standard InChI is InChI=1S/C53H38N2OS/c1-33-27-34(2)53(35(3)28-33)55(38-15-8-5-9-16-38)39-22-21-36-29-47-44-26-24-41(32-51(44)57-50-20-12-18-45(52(47)50)46(36)30-39)54(37-13-6-4-7-14-37)40-23-25-43-42-17-10-11-19-48(42)56-49(43)31-40/h4-32H,1-3H3. The molecule has 0 atom stereocenters. The van der Waals surface area contributed by atoms with E-state index in [-0.39, 0.29) is 0 Å². The molecule has 10 aromatic rings. The van der Waals surface area contributed by atoms with Gasteiger partial charge in [0.15, 0.2) is 0 Å². The third-order valence-electron chi connectivity index (χ3n) is 11.4. The van der Waals surface area contributed by atoms with E-state index < -0.39 is 0 Å². The van der Waals surface area contributed by atoms with Crippen molar-refractivity contribution in [3.05, 3.63) is 193 Å². The quantitative estimate of drug-likeness (QED) is 0.158. The zero-order valence-electron chi connectivity index (χ0n) is 32.0. The first kappa shape index (κ1) is 33.6. The van der Waals surface area contributed by atoms with Gasteiger partial charge in [0.25, 0.3) is 0 Å². The van der Waals surface area contributed by atoms with Crippen LogP contribution in [-0.2, 0) is 0 Å². The molecule has 0 N–H and O–H groups in total. The van der Waals surface area contributed by atoms with Crippen molar-refractivity contribution in [3.8, 4) is 11.1 Å². The third-order valence-corrected chi connectivity index (χ3v) is 12.5. The van der Waals surface area contributed by atoms with Gasteiger partial charge in [-0.25, -0.2) is 0 Å². The summed E-state index contributed by atoms with van der Waals surface area (Å²) in [5, 5.41) is 7.35. The van der Waals surface area contributed by atoms with Gasteiger partial charge in [0.2, 0.25) is 0 Å². The van der Waals surface area contributed by atoms with E-state index in [4.69, 9.17) is 4.42 Å². The van der Waals surface area contributed by atoms with Crippen LogP contribution in [0.25, 0.3) is 54.6 Å². The Morgan fingerprint density at radius 2 is 1.04 bits per heavy atom. The summed E-state index contributed by atoms with van der Waals surface area (Å²) < 4.78 is 6.36. The number of para-hydroxylation sites is 3. The lowest BCUT2D eigenvalue weighted by molar-refractivity contribution is 0.669. The van der Waals surface area contributed by atoms with Crippen LogP contribution in [0.5, 0.6) is 0 Å². The van der Waals surface area contributed by atoms with Gasteiger partial charge in [0, 0.05) is 60.5 Å². The van der Waals surface area contributed by atoms with Crippen LogP contribution in [0.15, 0.2) is 190 Å². The second kappa shape index (κ2) is 13.2. The summed E-state index contributed by atoms with van der Waals surface area (Å²) in [7, 11) is 0. The van der Waals surface area contributed by atoms with Crippen molar-refractivity contribution in [2.45, 2.75) is 30.6 Å². The number of anilines is 6. The van der Waals surface area contributed by atoms with Crippen molar-refractivity contribution in [1.29, 1.82) is 0 Å². The first-order valence-electron chi connectivity index (χ1n) is 19.5. The number of aryl methyl sites for hydroxylation is 3. The molecule has 3 nitrogen and oxygen atoms in total. The molecule has 272 valence electrons. The molecule has 0 unspecified atom stereocenters. The maximum atomic E-state index is 6.36. The summed E-state index contributed by atoms with van der Waals surface area (Å²) in [6.45, 7) is 6.63. The van der Waals surface area contributed by atoms with Crippen molar-refractivity contribution in [3.63, 3.8) is 0 Å². The summed E-state index contributed by atoms with van der Waals surface area (Å²) in [5.74, 6) is 0. The largest absolute Gasteiger partial charge is 0.456 e. The van der Waals surface area contributed by atoms with E-state index in [9.17, 15) is 0 Å². The molecule has 0 bridgehead atoms. The van der Waals surface area contributed by atoms with Crippen LogP contribution in [-0.4, -0.2) is 0 Å². The van der Waals surface area contributed by atoms with Crippen LogP contribution in [0.3, 0.4) is 0 Å². The predicted molar refractivity (Wildman–Crippen MR) is 242 cm³/mol. The van der Waals surface area contributed by atoms with E-state index >= 15 is 0 Å². The molecular weight excluding hydrogens is 713 g/mol. The van der Waals surface area contributed by atoms with E-state index in [1.54, 1.807) is 0 Å². The van der Waals surface area contributed by atoms with Crippen molar-refractivity contribution < 1.29 is 4.42 Å². The summed E-state index contributed by atoms with van der Waals surface area (Å²) in [6.07, 6.45) is 0. The zero-order valence-corrected chi connectivity index (χ0v) is 32.8. The Bertz CT molecular complexity index is 3180. The lowest BCUT2D eigenvalue weighted by atomic mass is 9.92. The van der Waals surface area contributed by atoms with Crippen molar-refractivity contribution in [2.75, 3.05) is 9.80 Å². The SMILES string of the molecule is Cc1cc(C)c(N(c2ccccc2)c2ccc3cc4c5c(cccc5c3c2)Sc2cc(N(c3ccccc3)c3ccc5c(c3)oc3ccccc35)ccc2-4)c(C)c1. The van der Waals surface area contributed by atoms with Gasteiger partial charge in [-0.3, -0.25) is 0 Å². The Morgan fingerprint density at radius 3 is 1.82 bits per heavy atom. The number of hydrogen-bond acceptors (Lipinski definition) is 4. The second-order valence-corrected chi connectivity index (χ2v) is 16.2. The molecule has 4 heteroatoms. The predicted octanol–water partition coefficient (Wildman–Crippen LogP) is 15.9. The smallest absolute Gasteiger partial charge is 0.137 e. The highest BCUT2D eigenvalue weighted by Crippen LogP contribution is 2.52. The topological polar surface area (TPSA) is 19.6 Å². The minimum atomic E-state index is 0.883. The number of hydrogen-bond donors (Lipinski definition) is 0. The molecule has 9 aromatic carbocycles. The lowest BCUT2D eigenvalue weighted by Crippen LogP contribution is -2.13. The first-order chi connectivity index (χ1) is 28.0. The van der Waals surface area contributed by atoms with Crippen molar-refractivity contribution >= 4 is 89.4 Å². The molecule has 0 saturated carbocycles. The molecule has 0 spiro atoms. The van der Waals surface area contributed by atoms with Gasteiger partial charge >= 0.3 is 0 Å². The molecule has 0 aliphatic carbocycles. The van der Waals surface area contributed by atoms with Crippen LogP contribution in [0.4, 0.5) is 34.1 Å². The van der Waals surface area contributed by atoms with Crippen LogP contribution in [0.2, 0.25) is 0 Å². The Hall–Kier alpha value is -6.75. The summed E-state index contributed by atoms with van der Waals surface area (Å²) >= 11 is 1.86. The fourth-order valence-electron chi connectivity index (χ4n) is 9.06. The number of rotatable bonds is 6. The first-order valence-corrected chi connectivity index (χ1v) is 20.3. The Labute approximate surface area is 336 Å². The average molecular weight is 751 g/mol. The van der Waals surface area contributed by atoms with Crippen molar-refractivity contribution in [1.82, 2.24) is 0 Å². The molecular formula is C53H38N2OS. The number of benzene rings is 9. The normalized spacial score (nSPS) is 12.1. The molecule has 0 fully saturated rings. The van der Waals surface area contributed by atoms with Crippen LogP contribution in [0.1, 0.15) is 16.7 Å². The van der Waals surface area contributed by atoms with E-state index in [1.807, 2.05) is 23.9 Å². The maximum Gasteiger partial charge on any atom is 0.137 e. The van der Waals surface area contributed by atoms with E-state index in [0.29, 0.717) is 0 Å². The second-order valence-electron chi connectivity index (χ2n) is 15.2. The van der Waals surface area contributed by atoms with Gasteiger partial charge in [-0.1, -0.05) is 108 Å². The lowest BCUT2D eigenvalue weighted by Gasteiger charge is -2.30. The summed E-state index contributed by atoms with van der Waals surface area (Å²) in [5.41, 5.74) is 14.9. The third kappa shape index (κ3) is 5.51. The molecule has 1 aliphatic rings. The van der Waals surface area contributed by atoms with Gasteiger partial charge in [-0.15, -0.1) is 0 Å². The number of fused-ring (bicyclic) bond motifs is 7.